The van der Waals surface area contributed by atoms with Crippen LogP contribution in [0.1, 0.15) is 36.5 Å². The minimum Gasteiger partial charge on any atom is -0.353 e. The fourth-order valence-corrected chi connectivity index (χ4v) is 2.67. The first-order valence-electron chi connectivity index (χ1n) is 6.39. The number of rotatable bonds is 2. The van der Waals surface area contributed by atoms with Crippen molar-refractivity contribution in [3.8, 4) is 0 Å². The van der Waals surface area contributed by atoms with E-state index in [0.29, 0.717) is 24.2 Å². The molecule has 98 valence electrons. The molecule has 2 aliphatic rings. The van der Waals surface area contributed by atoms with E-state index in [0.717, 1.165) is 12.8 Å². The van der Waals surface area contributed by atoms with Crippen molar-refractivity contribution in [3.63, 3.8) is 0 Å². The van der Waals surface area contributed by atoms with E-state index in [9.17, 15) is 8.78 Å². The fourth-order valence-electron chi connectivity index (χ4n) is 2.67. The van der Waals surface area contributed by atoms with Crippen molar-refractivity contribution in [1.82, 2.24) is 0 Å². The highest BCUT2D eigenvalue weighted by atomic mass is 19.3. The van der Waals surface area contributed by atoms with Crippen molar-refractivity contribution in [2.75, 3.05) is 6.61 Å². The maximum Gasteiger partial charge on any atom is 0.281 e. The first-order chi connectivity index (χ1) is 8.67. The van der Waals surface area contributed by atoms with Crippen LogP contribution in [0.15, 0.2) is 24.3 Å². The maximum atomic E-state index is 14.0. The number of fused-ring (bicyclic) bond motifs is 1. The van der Waals surface area contributed by atoms with Gasteiger partial charge in [0.1, 0.15) is 6.10 Å². The lowest BCUT2D eigenvalue weighted by Crippen LogP contribution is -2.31. The zero-order valence-electron chi connectivity index (χ0n) is 10.1. The molecule has 0 amide bonds. The van der Waals surface area contributed by atoms with Crippen molar-refractivity contribution in [2.45, 2.75) is 44.0 Å². The summed E-state index contributed by atoms with van der Waals surface area (Å²) in [5.74, 6) is -2.83. The van der Waals surface area contributed by atoms with Crippen LogP contribution in [-0.2, 0) is 15.9 Å². The van der Waals surface area contributed by atoms with Gasteiger partial charge in [0.2, 0.25) is 0 Å². The Morgan fingerprint density at radius 3 is 2.83 bits per heavy atom. The Hall–Kier alpha value is -1.00. The molecule has 1 saturated heterocycles. The smallest absolute Gasteiger partial charge is 0.281 e. The average molecular weight is 254 g/mol. The van der Waals surface area contributed by atoms with E-state index in [4.69, 9.17) is 9.47 Å². The van der Waals surface area contributed by atoms with Crippen molar-refractivity contribution in [3.05, 3.63) is 35.4 Å². The Bertz CT molecular complexity index is 428. The monoisotopic (exact) mass is 254 g/mol. The summed E-state index contributed by atoms with van der Waals surface area (Å²) in [6.45, 7) is 0.602. The average Bonchev–Trinajstić information content (AvgIpc) is 2.62. The molecule has 1 aliphatic heterocycles. The van der Waals surface area contributed by atoms with Crippen LogP contribution in [0, 0.1) is 0 Å². The van der Waals surface area contributed by atoms with Gasteiger partial charge in [-0.2, -0.15) is 0 Å². The summed E-state index contributed by atoms with van der Waals surface area (Å²) in [5.41, 5.74) is 1.29. The standard InChI is InChI=1S/C14H16F2O2/c15-14(16)9-10-5-1-2-6-11(10)13(14)18-12-7-3-4-8-17-12/h1-2,5-6,12-13H,3-4,7-9H2. The molecule has 0 saturated carbocycles. The molecule has 4 heteroatoms. The molecule has 0 N–H and O–H groups in total. The first kappa shape index (κ1) is 12.1. The van der Waals surface area contributed by atoms with Crippen molar-refractivity contribution in [2.24, 2.45) is 0 Å². The minimum absolute atomic E-state index is 0.236. The molecule has 2 unspecified atom stereocenters. The lowest BCUT2D eigenvalue weighted by atomic mass is 10.1. The van der Waals surface area contributed by atoms with Gasteiger partial charge in [-0.1, -0.05) is 24.3 Å². The molecule has 1 fully saturated rings. The predicted octanol–water partition coefficient (Wildman–Crippen LogP) is 3.46. The summed E-state index contributed by atoms with van der Waals surface area (Å²) >= 11 is 0. The normalized spacial score (nSPS) is 30.1. The molecule has 0 aromatic heterocycles. The molecule has 0 radical (unpaired) electrons. The second-order valence-corrected chi connectivity index (χ2v) is 4.95. The van der Waals surface area contributed by atoms with Crippen LogP contribution >= 0.6 is 0 Å². The number of ether oxygens (including phenoxy) is 2. The van der Waals surface area contributed by atoms with Gasteiger partial charge in [0.05, 0.1) is 0 Å². The van der Waals surface area contributed by atoms with E-state index < -0.39 is 18.3 Å². The van der Waals surface area contributed by atoms with E-state index in [-0.39, 0.29) is 6.42 Å². The second kappa shape index (κ2) is 4.59. The molecule has 1 aromatic rings. The maximum absolute atomic E-state index is 14.0. The van der Waals surface area contributed by atoms with Gasteiger partial charge in [-0.25, -0.2) is 8.78 Å². The molecule has 3 rings (SSSR count). The molecule has 1 aliphatic carbocycles. The number of hydrogen-bond donors (Lipinski definition) is 0. The topological polar surface area (TPSA) is 18.5 Å². The van der Waals surface area contributed by atoms with E-state index in [1.165, 1.54) is 0 Å². The quantitative estimate of drug-likeness (QED) is 0.804. The van der Waals surface area contributed by atoms with Crippen LogP contribution in [-0.4, -0.2) is 18.8 Å². The van der Waals surface area contributed by atoms with Gasteiger partial charge in [-0.05, 0) is 30.4 Å². The summed E-state index contributed by atoms with van der Waals surface area (Å²) in [6.07, 6.45) is 0.787. The Morgan fingerprint density at radius 1 is 1.22 bits per heavy atom. The molecule has 2 atom stereocenters. The summed E-state index contributed by atoms with van der Waals surface area (Å²) in [5, 5.41) is 0. The number of benzene rings is 1. The van der Waals surface area contributed by atoms with E-state index in [1.807, 2.05) is 0 Å². The van der Waals surface area contributed by atoms with Gasteiger partial charge in [0.25, 0.3) is 5.92 Å². The highest BCUT2D eigenvalue weighted by molar-refractivity contribution is 5.36. The van der Waals surface area contributed by atoms with Crippen molar-refractivity contribution < 1.29 is 18.3 Å². The van der Waals surface area contributed by atoms with Gasteiger partial charge in [-0.3, -0.25) is 0 Å². The van der Waals surface area contributed by atoms with Crippen molar-refractivity contribution in [1.29, 1.82) is 0 Å². The Labute approximate surface area is 105 Å². The van der Waals surface area contributed by atoms with Crippen LogP contribution < -0.4 is 0 Å². The van der Waals surface area contributed by atoms with Gasteiger partial charge >= 0.3 is 0 Å². The minimum atomic E-state index is -2.83. The molecule has 1 heterocycles. The van der Waals surface area contributed by atoms with E-state index in [1.54, 1.807) is 24.3 Å². The molecule has 2 nitrogen and oxygen atoms in total. The van der Waals surface area contributed by atoms with Crippen LogP contribution in [0.3, 0.4) is 0 Å². The highest BCUT2D eigenvalue weighted by Crippen LogP contribution is 2.46. The van der Waals surface area contributed by atoms with Crippen LogP contribution in [0.5, 0.6) is 0 Å². The van der Waals surface area contributed by atoms with E-state index in [2.05, 4.69) is 0 Å². The molecule has 18 heavy (non-hydrogen) atoms. The Balaban J connectivity index is 1.81. The third-order valence-electron chi connectivity index (χ3n) is 3.57. The second-order valence-electron chi connectivity index (χ2n) is 4.95. The molecule has 1 aromatic carbocycles. The van der Waals surface area contributed by atoms with Gasteiger partial charge in [0.15, 0.2) is 6.29 Å². The first-order valence-corrected chi connectivity index (χ1v) is 6.39. The number of halogens is 2. The number of hydrogen-bond acceptors (Lipinski definition) is 2. The third-order valence-corrected chi connectivity index (χ3v) is 3.57. The predicted molar refractivity (Wildman–Crippen MR) is 62.5 cm³/mol. The number of alkyl halides is 2. The lowest BCUT2D eigenvalue weighted by molar-refractivity contribution is -0.236. The summed E-state index contributed by atoms with van der Waals surface area (Å²) in [7, 11) is 0. The molecule has 0 bridgehead atoms. The van der Waals surface area contributed by atoms with Gasteiger partial charge in [0, 0.05) is 13.0 Å². The molecule has 0 spiro atoms. The molecular weight excluding hydrogens is 238 g/mol. The van der Waals surface area contributed by atoms with Crippen LogP contribution in [0.4, 0.5) is 8.78 Å². The SMILES string of the molecule is FC1(F)Cc2ccccc2C1OC1CCCCO1. The molecular formula is C14H16F2O2. The third kappa shape index (κ3) is 2.15. The van der Waals surface area contributed by atoms with E-state index >= 15 is 0 Å². The van der Waals surface area contributed by atoms with Gasteiger partial charge < -0.3 is 9.47 Å². The highest BCUT2D eigenvalue weighted by Gasteiger charge is 2.49. The van der Waals surface area contributed by atoms with Crippen LogP contribution in [0.25, 0.3) is 0 Å². The van der Waals surface area contributed by atoms with Crippen molar-refractivity contribution >= 4 is 0 Å². The fraction of sp³-hybridized carbons (Fsp3) is 0.571. The van der Waals surface area contributed by atoms with Crippen LogP contribution in [0.2, 0.25) is 0 Å². The largest absolute Gasteiger partial charge is 0.353 e. The lowest BCUT2D eigenvalue weighted by Gasteiger charge is -2.28. The zero-order chi connectivity index (χ0) is 12.6. The Morgan fingerprint density at radius 2 is 2.06 bits per heavy atom. The summed E-state index contributed by atoms with van der Waals surface area (Å²) in [6, 6.07) is 7.03. The van der Waals surface area contributed by atoms with Gasteiger partial charge in [-0.15, -0.1) is 0 Å². The summed E-state index contributed by atoms with van der Waals surface area (Å²) < 4.78 is 38.9. The summed E-state index contributed by atoms with van der Waals surface area (Å²) in [4.78, 5) is 0. The zero-order valence-corrected chi connectivity index (χ0v) is 10.1. The Kier molecular flexibility index (Phi) is 3.08.